The topological polar surface area (TPSA) is 60.8 Å². The number of aromatic nitrogens is 4. The fraction of sp³-hybridized carbons (Fsp3) is 0.0667. The van der Waals surface area contributed by atoms with Crippen LogP contribution < -0.4 is 4.74 Å². The first kappa shape index (κ1) is 12.2. The lowest BCUT2D eigenvalue weighted by Gasteiger charge is -2.05. The van der Waals surface area contributed by atoms with Crippen LogP contribution in [0.15, 0.2) is 55.1 Å². The summed E-state index contributed by atoms with van der Waals surface area (Å²) < 4.78 is 5.13. The molecule has 0 N–H and O–H groups in total. The van der Waals surface area contributed by atoms with Crippen molar-refractivity contribution in [2.24, 2.45) is 0 Å². The molecule has 0 saturated heterocycles. The van der Waals surface area contributed by atoms with E-state index in [9.17, 15) is 0 Å². The predicted octanol–water partition coefficient (Wildman–Crippen LogP) is 2.61. The summed E-state index contributed by atoms with van der Waals surface area (Å²) in [5.41, 5.74) is 2.70. The third-order valence-electron chi connectivity index (χ3n) is 2.83. The summed E-state index contributed by atoms with van der Waals surface area (Å²) in [4.78, 5) is 16.9. The van der Waals surface area contributed by atoms with Crippen molar-refractivity contribution in [1.29, 1.82) is 0 Å². The minimum absolute atomic E-state index is 0.562. The molecule has 0 aliphatic heterocycles. The van der Waals surface area contributed by atoms with E-state index in [2.05, 4.69) is 19.9 Å². The van der Waals surface area contributed by atoms with Gasteiger partial charge in [0.05, 0.1) is 12.8 Å². The Labute approximate surface area is 116 Å². The zero-order valence-electron chi connectivity index (χ0n) is 10.9. The zero-order chi connectivity index (χ0) is 13.8. The molecule has 5 heteroatoms. The summed E-state index contributed by atoms with van der Waals surface area (Å²) in [5, 5.41) is 0. The van der Waals surface area contributed by atoms with E-state index in [0.717, 1.165) is 16.8 Å². The minimum atomic E-state index is 0.562. The first-order chi connectivity index (χ1) is 9.86. The standard InChI is InChI=1S/C15H12N4O/c1-20-14-10-12(4-8-17-14)13-5-9-18-15(19-13)11-2-6-16-7-3-11/h2-10H,1H3. The lowest BCUT2D eigenvalue weighted by atomic mass is 10.2. The summed E-state index contributed by atoms with van der Waals surface area (Å²) >= 11 is 0. The average Bonchev–Trinajstić information content (AvgIpc) is 2.56. The molecule has 0 aliphatic carbocycles. The van der Waals surface area contributed by atoms with Gasteiger partial charge in [0.2, 0.25) is 5.88 Å². The average molecular weight is 264 g/mol. The predicted molar refractivity (Wildman–Crippen MR) is 75.0 cm³/mol. The van der Waals surface area contributed by atoms with Gasteiger partial charge < -0.3 is 4.74 Å². The zero-order valence-corrected chi connectivity index (χ0v) is 10.9. The van der Waals surface area contributed by atoms with Gasteiger partial charge in [-0.3, -0.25) is 4.98 Å². The van der Waals surface area contributed by atoms with Crippen molar-refractivity contribution >= 4 is 0 Å². The maximum absolute atomic E-state index is 5.13. The highest BCUT2D eigenvalue weighted by Gasteiger charge is 2.05. The van der Waals surface area contributed by atoms with E-state index in [4.69, 9.17) is 4.74 Å². The first-order valence-corrected chi connectivity index (χ1v) is 6.10. The van der Waals surface area contributed by atoms with Gasteiger partial charge in [0.15, 0.2) is 5.82 Å². The Hall–Kier alpha value is -2.82. The van der Waals surface area contributed by atoms with Gasteiger partial charge in [0, 0.05) is 42.0 Å². The molecule has 20 heavy (non-hydrogen) atoms. The lowest BCUT2D eigenvalue weighted by Crippen LogP contribution is -1.93. The van der Waals surface area contributed by atoms with E-state index in [1.807, 2.05) is 30.3 Å². The lowest BCUT2D eigenvalue weighted by molar-refractivity contribution is 0.398. The van der Waals surface area contributed by atoms with E-state index >= 15 is 0 Å². The highest BCUT2D eigenvalue weighted by Crippen LogP contribution is 2.22. The van der Waals surface area contributed by atoms with Crippen LogP contribution in [-0.4, -0.2) is 27.0 Å². The summed E-state index contributed by atoms with van der Waals surface area (Å²) in [6.45, 7) is 0. The number of ether oxygens (including phenoxy) is 1. The fourth-order valence-electron chi connectivity index (χ4n) is 1.84. The van der Waals surface area contributed by atoms with Crippen LogP contribution >= 0.6 is 0 Å². The Morgan fingerprint density at radius 1 is 0.850 bits per heavy atom. The van der Waals surface area contributed by atoms with Crippen LogP contribution in [0.3, 0.4) is 0 Å². The van der Waals surface area contributed by atoms with Gasteiger partial charge in [0.25, 0.3) is 0 Å². The number of methoxy groups -OCH3 is 1. The minimum Gasteiger partial charge on any atom is -0.481 e. The molecule has 0 aliphatic rings. The van der Waals surface area contributed by atoms with E-state index in [1.54, 1.807) is 31.9 Å². The molecule has 3 heterocycles. The SMILES string of the molecule is COc1cc(-c2ccnc(-c3ccncc3)n2)ccn1. The quantitative estimate of drug-likeness (QED) is 0.727. The Morgan fingerprint density at radius 3 is 2.40 bits per heavy atom. The van der Waals surface area contributed by atoms with Crippen LogP contribution in [0.5, 0.6) is 5.88 Å². The molecule has 0 aromatic carbocycles. The normalized spacial score (nSPS) is 10.2. The highest BCUT2D eigenvalue weighted by atomic mass is 16.5. The largest absolute Gasteiger partial charge is 0.481 e. The molecule has 0 atom stereocenters. The number of pyridine rings is 2. The molecule has 3 aromatic rings. The Balaban J connectivity index is 2.03. The summed E-state index contributed by atoms with van der Waals surface area (Å²) in [6.07, 6.45) is 6.88. The Bertz CT molecular complexity index is 716. The van der Waals surface area contributed by atoms with Crippen molar-refractivity contribution in [2.75, 3.05) is 7.11 Å². The second kappa shape index (κ2) is 5.44. The summed E-state index contributed by atoms with van der Waals surface area (Å²) in [7, 11) is 1.59. The summed E-state index contributed by atoms with van der Waals surface area (Å²) in [6, 6.07) is 9.36. The van der Waals surface area contributed by atoms with Crippen LogP contribution in [-0.2, 0) is 0 Å². The van der Waals surface area contributed by atoms with E-state index in [1.165, 1.54) is 0 Å². The fourth-order valence-corrected chi connectivity index (χ4v) is 1.84. The Kier molecular flexibility index (Phi) is 3.33. The molecule has 0 spiro atoms. The third kappa shape index (κ3) is 2.47. The smallest absolute Gasteiger partial charge is 0.213 e. The first-order valence-electron chi connectivity index (χ1n) is 6.10. The molecule has 0 amide bonds. The van der Waals surface area contributed by atoms with Crippen LogP contribution in [0, 0.1) is 0 Å². The molecule has 0 fully saturated rings. The van der Waals surface area contributed by atoms with Gasteiger partial charge in [0.1, 0.15) is 0 Å². The molecule has 3 aromatic heterocycles. The number of nitrogens with zero attached hydrogens (tertiary/aromatic N) is 4. The van der Waals surface area contributed by atoms with Crippen molar-refractivity contribution in [3.8, 4) is 28.5 Å². The van der Waals surface area contributed by atoms with Gasteiger partial charge in [-0.2, -0.15) is 0 Å². The van der Waals surface area contributed by atoms with Crippen molar-refractivity contribution in [3.05, 3.63) is 55.1 Å². The molecule has 0 saturated carbocycles. The van der Waals surface area contributed by atoms with E-state index < -0.39 is 0 Å². The molecule has 5 nitrogen and oxygen atoms in total. The molecular formula is C15H12N4O. The van der Waals surface area contributed by atoms with Gasteiger partial charge >= 0.3 is 0 Å². The highest BCUT2D eigenvalue weighted by molar-refractivity contribution is 5.63. The van der Waals surface area contributed by atoms with Crippen LogP contribution in [0.4, 0.5) is 0 Å². The number of hydrogen-bond acceptors (Lipinski definition) is 5. The molecule has 0 unspecified atom stereocenters. The van der Waals surface area contributed by atoms with Crippen LogP contribution in [0.2, 0.25) is 0 Å². The summed E-state index contributed by atoms with van der Waals surface area (Å²) in [5.74, 6) is 1.23. The van der Waals surface area contributed by atoms with Crippen LogP contribution in [0.1, 0.15) is 0 Å². The number of hydrogen-bond donors (Lipinski definition) is 0. The molecule has 0 radical (unpaired) electrons. The molecule has 3 rings (SSSR count). The molecule has 98 valence electrons. The van der Waals surface area contributed by atoms with Crippen molar-refractivity contribution in [1.82, 2.24) is 19.9 Å². The van der Waals surface area contributed by atoms with Gasteiger partial charge in [-0.15, -0.1) is 0 Å². The maximum Gasteiger partial charge on any atom is 0.213 e. The van der Waals surface area contributed by atoms with Crippen LogP contribution in [0.25, 0.3) is 22.6 Å². The van der Waals surface area contributed by atoms with Gasteiger partial charge in [-0.1, -0.05) is 0 Å². The second-order valence-corrected chi connectivity index (χ2v) is 4.09. The van der Waals surface area contributed by atoms with Gasteiger partial charge in [-0.25, -0.2) is 15.0 Å². The van der Waals surface area contributed by atoms with Gasteiger partial charge in [-0.05, 0) is 24.3 Å². The molecule has 0 bridgehead atoms. The second-order valence-electron chi connectivity index (χ2n) is 4.09. The Morgan fingerprint density at radius 2 is 1.60 bits per heavy atom. The molecular weight excluding hydrogens is 252 g/mol. The number of rotatable bonds is 3. The maximum atomic E-state index is 5.13. The van der Waals surface area contributed by atoms with E-state index in [0.29, 0.717) is 11.7 Å². The van der Waals surface area contributed by atoms with E-state index in [-0.39, 0.29) is 0 Å². The monoisotopic (exact) mass is 264 g/mol. The van der Waals surface area contributed by atoms with Crippen molar-refractivity contribution < 1.29 is 4.74 Å². The van der Waals surface area contributed by atoms with Crippen molar-refractivity contribution in [2.45, 2.75) is 0 Å². The third-order valence-corrected chi connectivity index (χ3v) is 2.83. The van der Waals surface area contributed by atoms with Crippen molar-refractivity contribution in [3.63, 3.8) is 0 Å².